The Morgan fingerprint density at radius 2 is 1.95 bits per heavy atom. The van der Waals surface area contributed by atoms with E-state index in [0.29, 0.717) is 11.3 Å². The smallest absolute Gasteiger partial charge is 0.336 e. The number of esters is 2. The van der Waals surface area contributed by atoms with Crippen molar-refractivity contribution in [3.05, 3.63) is 54.1 Å². The van der Waals surface area contributed by atoms with Crippen molar-refractivity contribution < 1.29 is 28.9 Å². The largest absolute Gasteiger partial charge is 0.489 e. The average molecular weight is 306 g/mol. The lowest BCUT2D eigenvalue weighted by Gasteiger charge is -2.16. The zero-order valence-electron chi connectivity index (χ0n) is 12.4. The maximum atomic E-state index is 11.4. The van der Waals surface area contributed by atoms with Crippen molar-refractivity contribution in [3.63, 3.8) is 0 Å². The maximum absolute atomic E-state index is 11.4. The number of ether oxygens (including phenoxy) is 3. The second-order valence-electron chi connectivity index (χ2n) is 4.19. The van der Waals surface area contributed by atoms with Crippen LogP contribution in [-0.2, 0) is 19.1 Å². The van der Waals surface area contributed by atoms with E-state index in [4.69, 9.17) is 4.74 Å². The summed E-state index contributed by atoms with van der Waals surface area (Å²) >= 11 is 0. The monoisotopic (exact) mass is 306 g/mol. The second kappa shape index (κ2) is 8.63. The molecule has 0 radical (unpaired) electrons. The van der Waals surface area contributed by atoms with E-state index in [2.05, 4.69) is 16.1 Å². The Kier molecular flexibility index (Phi) is 6.85. The summed E-state index contributed by atoms with van der Waals surface area (Å²) in [6.07, 6.45) is 1.46. The predicted molar refractivity (Wildman–Crippen MR) is 79.2 cm³/mol. The molecule has 0 fully saturated rings. The highest BCUT2D eigenvalue weighted by molar-refractivity contribution is 5.89. The molecule has 1 unspecified atom stereocenters. The van der Waals surface area contributed by atoms with Gasteiger partial charge >= 0.3 is 11.9 Å². The first-order valence-corrected chi connectivity index (χ1v) is 6.42. The van der Waals surface area contributed by atoms with Crippen molar-refractivity contribution in [2.45, 2.75) is 6.10 Å². The van der Waals surface area contributed by atoms with Gasteiger partial charge in [-0.15, -0.1) is 0 Å². The zero-order valence-corrected chi connectivity index (χ0v) is 12.4. The summed E-state index contributed by atoms with van der Waals surface area (Å²) in [6, 6.07) is 6.66. The third-order valence-electron chi connectivity index (χ3n) is 2.78. The van der Waals surface area contributed by atoms with Crippen molar-refractivity contribution in [2.24, 2.45) is 0 Å². The summed E-state index contributed by atoms with van der Waals surface area (Å²) in [5.41, 5.74) is 0.285. The Bertz CT molecular complexity index is 576. The highest BCUT2D eigenvalue weighted by Gasteiger charge is 2.21. The van der Waals surface area contributed by atoms with Gasteiger partial charge in [0.1, 0.15) is 18.5 Å². The number of hydrogen-bond acceptors (Lipinski definition) is 6. The fourth-order valence-electron chi connectivity index (χ4n) is 1.62. The van der Waals surface area contributed by atoms with Crippen LogP contribution >= 0.6 is 0 Å². The quantitative estimate of drug-likeness (QED) is 0.608. The molecule has 0 bridgehead atoms. The predicted octanol–water partition coefficient (Wildman–Crippen LogP) is 1.56. The Balaban J connectivity index is 2.81. The number of methoxy groups -OCH3 is 2. The van der Waals surface area contributed by atoms with Crippen LogP contribution in [0.1, 0.15) is 11.7 Å². The van der Waals surface area contributed by atoms with E-state index in [1.54, 1.807) is 24.3 Å². The van der Waals surface area contributed by atoms with Crippen LogP contribution < -0.4 is 4.74 Å². The van der Waals surface area contributed by atoms with Crippen LogP contribution in [0.25, 0.3) is 0 Å². The Hall–Kier alpha value is -2.60. The van der Waals surface area contributed by atoms with Gasteiger partial charge in [-0.05, 0) is 12.1 Å². The van der Waals surface area contributed by atoms with Crippen LogP contribution in [0.15, 0.2) is 48.6 Å². The van der Waals surface area contributed by atoms with Gasteiger partial charge in [0, 0.05) is 11.6 Å². The van der Waals surface area contributed by atoms with Gasteiger partial charge in [0.2, 0.25) is 0 Å². The second-order valence-corrected chi connectivity index (χ2v) is 4.19. The van der Waals surface area contributed by atoms with Crippen LogP contribution in [0.5, 0.6) is 5.75 Å². The zero-order chi connectivity index (χ0) is 16.5. The van der Waals surface area contributed by atoms with E-state index in [0.717, 1.165) is 0 Å². The van der Waals surface area contributed by atoms with Gasteiger partial charge in [-0.1, -0.05) is 24.8 Å². The number of rotatable bonds is 7. The van der Waals surface area contributed by atoms with Gasteiger partial charge in [0.05, 0.1) is 19.8 Å². The molecule has 6 heteroatoms. The van der Waals surface area contributed by atoms with Crippen molar-refractivity contribution in [3.8, 4) is 5.75 Å². The first-order chi connectivity index (χ1) is 10.5. The molecule has 0 saturated heterocycles. The number of carbonyl (C=O) groups is 2. The van der Waals surface area contributed by atoms with E-state index >= 15 is 0 Å². The Morgan fingerprint density at radius 3 is 2.59 bits per heavy atom. The number of aliphatic hydroxyl groups excluding tert-OH is 1. The summed E-state index contributed by atoms with van der Waals surface area (Å²) in [7, 11) is 2.48. The summed E-state index contributed by atoms with van der Waals surface area (Å²) < 4.78 is 14.4. The fourth-order valence-corrected chi connectivity index (χ4v) is 1.62. The van der Waals surface area contributed by atoms with Crippen LogP contribution in [0, 0.1) is 0 Å². The van der Waals surface area contributed by atoms with Crippen LogP contribution in [0.4, 0.5) is 0 Å². The molecular formula is C16H18O6. The van der Waals surface area contributed by atoms with Crippen molar-refractivity contribution in [1.82, 2.24) is 0 Å². The molecule has 0 heterocycles. The van der Waals surface area contributed by atoms with Gasteiger partial charge < -0.3 is 19.3 Å². The summed E-state index contributed by atoms with van der Waals surface area (Å²) in [6.45, 7) is 3.62. The number of aliphatic hydroxyl groups is 1. The fraction of sp³-hybridized carbons (Fsp3) is 0.250. The van der Waals surface area contributed by atoms with Gasteiger partial charge in [0.15, 0.2) is 0 Å². The first-order valence-electron chi connectivity index (χ1n) is 6.42. The Morgan fingerprint density at radius 1 is 1.27 bits per heavy atom. The van der Waals surface area contributed by atoms with Crippen molar-refractivity contribution >= 4 is 11.9 Å². The normalized spacial score (nSPS) is 11.8. The standard InChI is InChI=1S/C16H18O6/c1-11(16(19)21-3)15(18)12-7-4-5-8-13(12)22-10-6-9-14(17)20-2/h4-9,15,18H,1,10H2,2-3H3/b9-6+. The lowest BCUT2D eigenvalue weighted by Crippen LogP contribution is -2.13. The van der Waals surface area contributed by atoms with Gasteiger partial charge in [0.25, 0.3) is 0 Å². The summed E-state index contributed by atoms with van der Waals surface area (Å²) in [5.74, 6) is -0.821. The number of hydrogen-bond donors (Lipinski definition) is 1. The first kappa shape index (κ1) is 17.5. The molecule has 1 N–H and O–H groups in total. The average Bonchev–Trinajstić information content (AvgIpc) is 2.56. The summed E-state index contributed by atoms with van der Waals surface area (Å²) in [5, 5.41) is 10.2. The number of para-hydroxylation sites is 1. The van der Waals surface area contributed by atoms with Gasteiger partial charge in [-0.3, -0.25) is 0 Å². The lowest BCUT2D eigenvalue weighted by molar-refractivity contribution is -0.137. The van der Waals surface area contributed by atoms with E-state index in [1.807, 2.05) is 0 Å². The highest BCUT2D eigenvalue weighted by atomic mass is 16.5. The minimum absolute atomic E-state index is 0.0938. The van der Waals surface area contributed by atoms with E-state index in [9.17, 15) is 14.7 Å². The molecule has 0 saturated carbocycles. The Labute approximate surface area is 128 Å². The van der Waals surface area contributed by atoms with Crippen LogP contribution in [-0.4, -0.2) is 37.9 Å². The lowest BCUT2D eigenvalue weighted by atomic mass is 10.0. The molecule has 0 aliphatic carbocycles. The minimum atomic E-state index is -1.24. The third-order valence-corrected chi connectivity index (χ3v) is 2.78. The van der Waals surface area contributed by atoms with Crippen molar-refractivity contribution in [1.29, 1.82) is 0 Å². The summed E-state index contributed by atoms with van der Waals surface area (Å²) in [4.78, 5) is 22.3. The minimum Gasteiger partial charge on any atom is -0.489 e. The molecule has 22 heavy (non-hydrogen) atoms. The third kappa shape index (κ3) is 4.75. The molecule has 1 atom stereocenters. The van der Waals surface area contributed by atoms with Gasteiger partial charge in [-0.2, -0.15) is 0 Å². The molecule has 0 aliphatic rings. The molecule has 6 nitrogen and oxygen atoms in total. The van der Waals surface area contributed by atoms with Crippen LogP contribution in [0.3, 0.4) is 0 Å². The van der Waals surface area contributed by atoms with E-state index in [-0.39, 0.29) is 12.2 Å². The van der Waals surface area contributed by atoms with Crippen molar-refractivity contribution in [2.75, 3.05) is 20.8 Å². The molecule has 0 amide bonds. The highest BCUT2D eigenvalue weighted by Crippen LogP contribution is 2.29. The maximum Gasteiger partial charge on any atom is 0.336 e. The molecule has 1 aromatic carbocycles. The molecule has 0 aliphatic heterocycles. The van der Waals surface area contributed by atoms with Gasteiger partial charge in [-0.25, -0.2) is 9.59 Å². The molecule has 118 valence electrons. The molecule has 0 aromatic heterocycles. The topological polar surface area (TPSA) is 82.1 Å². The molecule has 0 spiro atoms. The number of carbonyl (C=O) groups excluding carboxylic acids is 2. The SMILES string of the molecule is C=C(C(=O)OC)C(O)c1ccccc1OC/C=C/C(=O)OC. The van der Waals surface area contributed by atoms with E-state index < -0.39 is 18.0 Å². The molecule has 1 rings (SSSR count). The molecule has 1 aromatic rings. The van der Waals surface area contributed by atoms with Crippen LogP contribution in [0.2, 0.25) is 0 Å². The molecular weight excluding hydrogens is 288 g/mol. The number of benzene rings is 1. The van der Waals surface area contributed by atoms with E-state index in [1.165, 1.54) is 26.4 Å².